The van der Waals surface area contributed by atoms with E-state index in [-0.39, 0.29) is 11.7 Å². The van der Waals surface area contributed by atoms with E-state index in [1.54, 1.807) is 25.1 Å². The van der Waals surface area contributed by atoms with Gasteiger partial charge in [0.2, 0.25) is 0 Å². The number of carbonyl (C=O) groups is 1. The number of phenolic OH excluding ortho intramolecular Hbond substituents is 1. The van der Waals surface area contributed by atoms with E-state index in [0.29, 0.717) is 5.92 Å². The normalized spacial score (nSPS) is 19.4. The summed E-state index contributed by atoms with van der Waals surface area (Å²) in [6.45, 7) is 1.76. The highest BCUT2D eigenvalue weighted by Crippen LogP contribution is 2.44. The second-order valence-corrected chi connectivity index (χ2v) is 4.94. The van der Waals surface area contributed by atoms with Crippen molar-refractivity contribution in [2.75, 3.05) is 0 Å². The lowest BCUT2D eigenvalue weighted by Crippen LogP contribution is -2.29. The predicted molar refractivity (Wildman–Crippen MR) is 65.0 cm³/mol. The molecule has 0 amide bonds. The Hall–Kier alpha value is -1.51. The SMILES string of the molecule is CC(C(=O)O)C(c1cccc(O)c1)C1CCC1. The quantitative estimate of drug-likeness (QED) is 0.842. The van der Waals surface area contributed by atoms with Crippen LogP contribution in [0.25, 0.3) is 0 Å². The van der Waals surface area contributed by atoms with Crippen molar-refractivity contribution in [1.29, 1.82) is 0 Å². The number of hydrogen-bond acceptors (Lipinski definition) is 2. The maximum Gasteiger partial charge on any atom is 0.306 e. The lowest BCUT2D eigenvalue weighted by molar-refractivity contribution is -0.142. The Kier molecular flexibility index (Phi) is 3.36. The summed E-state index contributed by atoms with van der Waals surface area (Å²) in [6, 6.07) is 7.02. The summed E-state index contributed by atoms with van der Waals surface area (Å²) in [5, 5.41) is 18.7. The average Bonchev–Trinajstić information content (AvgIpc) is 2.22. The molecule has 3 heteroatoms. The number of carboxylic acids is 1. The van der Waals surface area contributed by atoms with Crippen molar-refractivity contribution in [3.8, 4) is 5.75 Å². The Labute approximate surface area is 101 Å². The molecule has 0 aliphatic heterocycles. The number of aromatic hydroxyl groups is 1. The Morgan fingerprint density at radius 3 is 2.59 bits per heavy atom. The summed E-state index contributed by atoms with van der Waals surface area (Å²) in [4.78, 5) is 11.2. The molecule has 0 aromatic heterocycles. The van der Waals surface area contributed by atoms with Gasteiger partial charge in [-0.3, -0.25) is 4.79 Å². The van der Waals surface area contributed by atoms with Crippen LogP contribution in [0.5, 0.6) is 5.75 Å². The van der Waals surface area contributed by atoms with Crippen molar-refractivity contribution in [1.82, 2.24) is 0 Å². The maximum atomic E-state index is 11.2. The minimum absolute atomic E-state index is 0.0216. The van der Waals surface area contributed by atoms with E-state index in [0.717, 1.165) is 18.4 Å². The van der Waals surface area contributed by atoms with E-state index < -0.39 is 11.9 Å². The summed E-state index contributed by atoms with van der Waals surface area (Å²) in [5.41, 5.74) is 0.949. The zero-order chi connectivity index (χ0) is 12.4. The lowest BCUT2D eigenvalue weighted by atomic mass is 9.68. The fourth-order valence-corrected chi connectivity index (χ4v) is 2.65. The zero-order valence-corrected chi connectivity index (χ0v) is 9.97. The molecule has 2 unspecified atom stereocenters. The third-order valence-electron chi connectivity index (χ3n) is 3.84. The third-order valence-corrected chi connectivity index (χ3v) is 3.84. The Balaban J connectivity index is 2.29. The summed E-state index contributed by atoms with van der Waals surface area (Å²) in [6.07, 6.45) is 3.38. The topological polar surface area (TPSA) is 57.5 Å². The van der Waals surface area contributed by atoms with Gasteiger partial charge in [-0.2, -0.15) is 0 Å². The van der Waals surface area contributed by atoms with Gasteiger partial charge < -0.3 is 10.2 Å². The van der Waals surface area contributed by atoms with Gasteiger partial charge >= 0.3 is 5.97 Å². The predicted octanol–water partition coefficient (Wildman–Crippen LogP) is 3.00. The van der Waals surface area contributed by atoms with Gasteiger partial charge in [-0.15, -0.1) is 0 Å². The highest BCUT2D eigenvalue weighted by molar-refractivity contribution is 5.71. The smallest absolute Gasteiger partial charge is 0.306 e. The Morgan fingerprint density at radius 2 is 2.12 bits per heavy atom. The maximum absolute atomic E-state index is 11.2. The molecule has 0 heterocycles. The van der Waals surface area contributed by atoms with Crippen molar-refractivity contribution < 1.29 is 15.0 Å². The summed E-state index contributed by atoms with van der Waals surface area (Å²) >= 11 is 0. The number of rotatable bonds is 4. The van der Waals surface area contributed by atoms with Crippen LogP contribution in [0.2, 0.25) is 0 Å². The molecule has 3 nitrogen and oxygen atoms in total. The van der Waals surface area contributed by atoms with Crippen LogP contribution in [-0.4, -0.2) is 16.2 Å². The van der Waals surface area contributed by atoms with E-state index in [9.17, 15) is 15.0 Å². The van der Waals surface area contributed by atoms with Crippen LogP contribution in [0.4, 0.5) is 0 Å². The monoisotopic (exact) mass is 234 g/mol. The molecular formula is C14H18O3. The van der Waals surface area contributed by atoms with Gasteiger partial charge in [0.25, 0.3) is 0 Å². The third kappa shape index (κ3) is 2.43. The van der Waals surface area contributed by atoms with Crippen molar-refractivity contribution in [2.45, 2.75) is 32.1 Å². The first-order chi connectivity index (χ1) is 8.09. The van der Waals surface area contributed by atoms with Crippen molar-refractivity contribution in [3.05, 3.63) is 29.8 Å². The fourth-order valence-electron chi connectivity index (χ4n) is 2.65. The van der Waals surface area contributed by atoms with Crippen LogP contribution in [0.1, 0.15) is 37.7 Å². The molecule has 1 aromatic carbocycles. The molecule has 1 fully saturated rings. The van der Waals surface area contributed by atoms with E-state index in [1.165, 1.54) is 6.42 Å². The van der Waals surface area contributed by atoms with Crippen LogP contribution < -0.4 is 0 Å². The van der Waals surface area contributed by atoms with Crippen LogP contribution >= 0.6 is 0 Å². The van der Waals surface area contributed by atoms with E-state index >= 15 is 0 Å². The molecule has 1 aliphatic carbocycles. The van der Waals surface area contributed by atoms with Gasteiger partial charge in [0.05, 0.1) is 5.92 Å². The first kappa shape index (κ1) is 12.0. The molecule has 2 N–H and O–H groups in total. The molecule has 17 heavy (non-hydrogen) atoms. The van der Waals surface area contributed by atoms with Crippen LogP contribution in [0, 0.1) is 11.8 Å². The second-order valence-electron chi connectivity index (χ2n) is 4.94. The molecule has 0 bridgehead atoms. The fraction of sp³-hybridized carbons (Fsp3) is 0.500. The van der Waals surface area contributed by atoms with E-state index in [1.807, 2.05) is 6.07 Å². The zero-order valence-electron chi connectivity index (χ0n) is 9.97. The number of benzene rings is 1. The molecule has 1 aromatic rings. The molecule has 0 spiro atoms. The van der Waals surface area contributed by atoms with Gasteiger partial charge in [-0.05, 0) is 42.4 Å². The van der Waals surface area contributed by atoms with E-state index in [2.05, 4.69) is 0 Å². The van der Waals surface area contributed by atoms with Crippen LogP contribution in [-0.2, 0) is 4.79 Å². The minimum Gasteiger partial charge on any atom is -0.508 e. The van der Waals surface area contributed by atoms with Gasteiger partial charge in [0.15, 0.2) is 0 Å². The first-order valence-electron chi connectivity index (χ1n) is 6.11. The van der Waals surface area contributed by atoms with Crippen molar-refractivity contribution >= 4 is 5.97 Å². The van der Waals surface area contributed by atoms with Gasteiger partial charge in [-0.25, -0.2) is 0 Å². The molecule has 1 aliphatic rings. The minimum atomic E-state index is -0.759. The summed E-state index contributed by atoms with van der Waals surface area (Å²) in [7, 11) is 0. The van der Waals surface area contributed by atoms with Crippen LogP contribution in [0.3, 0.4) is 0 Å². The second kappa shape index (κ2) is 4.78. The number of carboxylic acid groups (broad SMARTS) is 1. The molecule has 0 saturated heterocycles. The molecule has 2 atom stereocenters. The molecule has 0 radical (unpaired) electrons. The molecule has 1 saturated carbocycles. The number of hydrogen-bond donors (Lipinski definition) is 2. The summed E-state index contributed by atoms with van der Waals surface area (Å²) < 4.78 is 0. The first-order valence-corrected chi connectivity index (χ1v) is 6.11. The standard InChI is InChI=1S/C14H18O3/c1-9(14(16)17)13(10-4-2-5-10)11-6-3-7-12(15)8-11/h3,6-10,13,15H,2,4-5H2,1H3,(H,16,17). The molecular weight excluding hydrogens is 216 g/mol. The van der Waals surface area contributed by atoms with Gasteiger partial charge in [-0.1, -0.05) is 25.5 Å². The van der Waals surface area contributed by atoms with Gasteiger partial charge in [0.1, 0.15) is 5.75 Å². The van der Waals surface area contributed by atoms with E-state index in [4.69, 9.17) is 0 Å². The Morgan fingerprint density at radius 1 is 1.41 bits per heavy atom. The number of aliphatic carboxylic acids is 1. The largest absolute Gasteiger partial charge is 0.508 e. The lowest BCUT2D eigenvalue weighted by Gasteiger charge is -2.36. The van der Waals surface area contributed by atoms with Crippen molar-refractivity contribution in [2.24, 2.45) is 11.8 Å². The van der Waals surface area contributed by atoms with Gasteiger partial charge in [0, 0.05) is 0 Å². The summed E-state index contributed by atoms with van der Waals surface area (Å²) in [5.74, 6) is -0.479. The molecule has 92 valence electrons. The molecule has 2 rings (SSSR count). The highest BCUT2D eigenvalue weighted by atomic mass is 16.4. The van der Waals surface area contributed by atoms with Crippen LogP contribution in [0.15, 0.2) is 24.3 Å². The Bertz CT molecular complexity index is 410. The highest BCUT2D eigenvalue weighted by Gasteiger charge is 2.35. The number of phenols is 1. The van der Waals surface area contributed by atoms with Crippen molar-refractivity contribution in [3.63, 3.8) is 0 Å². The average molecular weight is 234 g/mol.